The summed E-state index contributed by atoms with van der Waals surface area (Å²) >= 11 is 0. The van der Waals surface area contributed by atoms with E-state index in [0.717, 1.165) is 0 Å². The summed E-state index contributed by atoms with van der Waals surface area (Å²) in [5.41, 5.74) is 20.1. The van der Waals surface area contributed by atoms with Gasteiger partial charge in [-0.1, -0.05) is 0 Å². The van der Waals surface area contributed by atoms with Gasteiger partial charge < -0.3 is 11.5 Å². The summed E-state index contributed by atoms with van der Waals surface area (Å²) in [6, 6.07) is 0. The van der Waals surface area contributed by atoms with Crippen LogP contribution in [0.25, 0.3) is 0 Å². The van der Waals surface area contributed by atoms with Crippen molar-refractivity contribution >= 4 is 41.7 Å². The molecular weight excluding hydrogens is 290 g/mol. The van der Waals surface area contributed by atoms with Gasteiger partial charge in [-0.2, -0.15) is 20.4 Å². The first-order chi connectivity index (χ1) is 10.3. The highest BCUT2D eigenvalue weighted by Crippen LogP contribution is 1.73. The Bertz CT molecular complexity index is 480. The number of hydrazone groups is 4. The van der Waals surface area contributed by atoms with Crippen molar-refractivity contribution in [1.82, 2.24) is 21.7 Å². The predicted molar refractivity (Wildman–Crippen MR) is 87.3 cm³/mol. The fourth-order valence-corrected chi connectivity index (χ4v) is 0.761. The molecule has 0 aliphatic heterocycles. The third-order valence-corrected chi connectivity index (χ3v) is 1.56. The van der Waals surface area contributed by atoms with Crippen LogP contribution in [0.2, 0.25) is 0 Å². The van der Waals surface area contributed by atoms with Crippen molar-refractivity contribution in [3.8, 4) is 0 Å². The van der Waals surface area contributed by atoms with Gasteiger partial charge in [0.1, 0.15) is 0 Å². The van der Waals surface area contributed by atoms with Crippen molar-refractivity contribution in [2.24, 2.45) is 31.9 Å². The molecule has 0 aliphatic carbocycles. The largest absolute Gasteiger partial charge is 0.369 e. The van der Waals surface area contributed by atoms with Crippen molar-refractivity contribution in [2.45, 2.75) is 13.8 Å². The van der Waals surface area contributed by atoms with Gasteiger partial charge in [-0.15, -0.1) is 0 Å². The highest BCUT2D eigenvalue weighted by molar-refractivity contribution is 6.30. The average molecular weight is 309 g/mol. The molecule has 0 aromatic carbocycles. The molecule has 0 radical (unpaired) electrons. The predicted octanol–water partition coefficient (Wildman–Crippen LogP) is -2.21. The Hall–Kier alpha value is -3.51. The molecule has 0 saturated heterocycles. The number of guanidine groups is 3. The van der Waals surface area contributed by atoms with Crippen LogP contribution in [-0.4, -0.2) is 41.7 Å². The molecule has 11 N–H and O–H groups in total. The molecule has 0 bridgehead atoms. The third-order valence-electron chi connectivity index (χ3n) is 1.56. The highest BCUT2D eigenvalue weighted by atomic mass is 15.5. The van der Waals surface area contributed by atoms with Gasteiger partial charge >= 0.3 is 0 Å². The van der Waals surface area contributed by atoms with E-state index in [1.807, 2.05) is 0 Å². The van der Waals surface area contributed by atoms with Gasteiger partial charge in [0, 0.05) is 0 Å². The van der Waals surface area contributed by atoms with E-state index in [-0.39, 0.29) is 17.9 Å². The zero-order valence-corrected chi connectivity index (χ0v) is 12.1. The van der Waals surface area contributed by atoms with E-state index in [0.29, 0.717) is 11.4 Å². The van der Waals surface area contributed by atoms with Crippen molar-refractivity contribution in [1.29, 1.82) is 16.2 Å². The van der Waals surface area contributed by atoms with Crippen LogP contribution >= 0.6 is 0 Å². The standard InChI is InChI=1S/C9H19N13/c1-5(3-15-19-7(10)11)17-21-9(14)22-18-6(2)4-16-20-8(12)13/h3-4H,1-2H3,(H4,10,11,19)(H4,12,13,20)(H3,14,21,22). The van der Waals surface area contributed by atoms with Crippen LogP contribution < -0.4 is 33.2 Å². The Labute approximate surface area is 126 Å². The van der Waals surface area contributed by atoms with Gasteiger partial charge in [-0.25, -0.2) is 21.7 Å². The molecule has 0 spiro atoms. The second-order valence-electron chi connectivity index (χ2n) is 3.67. The van der Waals surface area contributed by atoms with E-state index >= 15 is 0 Å². The molecule has 0 amide bonds. The maximum atomic E-state index is 7.50. The minimum Gasteiger partial charge on any atom is -0.369 e. The number of nitrogens with zero attached hydrogens (tertiary/aromatic N) is 4. The molecule has 13 nitrogen and oxygen atoms in total. The molecule has 0 aromatic heterocycles. The Morgan fingerprint density at radius 1 is 0.773 bits per heavy atom. The first-order valence-electron chi connectivity index (χ1n) is 5.76. The zero-order chi connectivity index (χ0) is 17.0. The van der Waals surface area contributed by atoms with Gasteiger partial charge in [0.25, 0.3) is 0 Å². The lowest BCUT2D eigenvalue weighted by Gasteiger charge is -2.02. The second-order valence-corrected chi connectivity index (χ2v) is 3.67. The molecule has 0 atom stereocenters. The Kier molecular flexibility index (Phi) is 8.66. The van der Waals surface area contributed by atoms with Crippen LogP contribution in [-0.2, 0) is 0 Å². The Morgan fingerprint density at radius 3 is 1.45 bits per heavy atom. The average Bonchev–Trinajstić information content (AvgIpc) is 2.42. The number of hydrogen-bond acceptors (Lipinski definition) is 7. The summed E-state index contributed by atoms with van der Waals surface area (Å²) in [4.78, 5) is 0. The minimum absolute atomic E-state index is 0.181. The van der Waals surface area contributed by atoms with Crippen LogP contribution in [0.3, 0.4) is 0 Å². The van der Waals surface area contributed by atoms with Crippen LogP contribution in [0, 0.1) is 16.2 Å². The molecule has 22 heavy (non-hydrogen) atoms. The fraction of sp³-hybridized carbons (Fsp3) is 0.222. The molecule has 0 aromatic rings. The molecular formula is C9H19N13. The number of nitrogens with one attached hydrogen (secondary N) is 7. The summed E-state index contributed by atoms with van der Waals surface area (Å²) < 4.78 is 0. The highest BCUT2D eigenvalue weighted by Gasteiger charge is 1.92. The van der Waals surface area contributed by atoms with E-state index in [9.17, 15) is 0 Å². The smallest absolute Gasteiger partial charge is 0.230 e. The lowest BCUT2D eigenvalue weighted by molar-refractivity contribution is 0.887. The first kappa shape index (κ1) is 18.5. The van der Waals surface area contributed by atoms with Crippen molar-refractivity contribution in [3.63, 3.8) is 0 Å². The lowest BCUT2D eigenvalue weighted by atomic mass is 10.5. The normalized spacial score (nSPS) is 12.3. The second kappa shape index (κ2) is 10.3. The van der Waals surface area contributed by atoms with E-state index in [1.165, 1.54) is 12.4 Å². The fourth-order valence-electron chi connectivity index (χ4n) is 0.761. The maximum Gasteiger partial charge on any atom is 0.230 e. The van der Waals surface area contributed by atoms with E-state index < -0.39 is 0 Å². The topological polar surface area (TPSA) is 221 Å². The molecule has 13 heteroatoms. The van der Waals surface area contributed by atoms with Gasteiger partial charge in [-0.3, -0.25) is 16.2 Å². The van der Waals surface area contributed by atoms with E-state index in [2.05, 4.69) is 42.1 Å². The Balaban J connectivity index is 4.22. The number of rotatable bonds is 6. The monoisotopic (exact) mass is 309 g/mol. The molecule has 0 rings (SSSR count). The number of nitrogens with two attached hydrogens (primary N) is 2. The molecule has 0 aliphatic rings. The third kappa shape index (κ3) is 11.6. The van der Waals surface area contributed by atoms with Crippen molar-refractivity contribution < 1.29 is 0 Å². The summed E-state index contributed by atoms with van der Waals surface area (Å²) in [5.74, 6) is -0.770. The van der Waals surface area contributed by atoms with Crippen molar-refractivity contribution in [3.05, 3.63) is 0 Å². The first-order valence-corrected chi connectivity index (χ1v) is 5.76. The van der Waals surface area contributed by atoms with Crippen LogP contribution in [0.15, 0.2) is 20.4 Å². The van der Waals surface area contributed by atoms with Gasteiger partial charge in [0.15, 0.2) is 0 Å². The molecule has 0 fully saturated rings. The SMILES string of the molecule is CC(C=NNC(=N)N)=NNC(=N)NN=C(C)C=NNC(=N)N. The van der Waals surface area contributed by atoms with Crippen LogP contribution in [0.1, 0.15) is 13.8 Å². The summed E-state index contributed by atoms with van der Waals surface area (Å²) in [7, 11) is 0. The lowest BCUT2D eigenvalue weighted by Crippen LogP contribution is -2.31. The molecule has 0 heterocycles. The van der Waals surface area contributed by atoms with Crippen LogP contribution in [0.5, 0.6) is 0 Å². The quantitative estimate of drug-likeness (QED) is 0.150. The van der Waals surface area contributed by atoms with E-state index in [1.54, 1.807) is 13.8 Å². The van der Waals surface area contributed by atoms with E-state index in [4.69, 9.17) is 27.7 Å². The summed E-state index contributed by atoms with van der Waals surface area (Å²) in [6.07, 6.45) is 2.63. The molecule has 120 valence electrons. The molecule has 0 saturated carbocycles. The molecule has 0 unspecified atom stereocenters. The van der Waals surface area contributed by atoms with Gasteiger partial charge in [-0.05, 0) is 13.8 Å². The number of hydrogen-bond donors (Lipinski definition) is 9. The van der Waals surface area contributed by atoms with Crippen molar-refractivity contribution in [2.75, 3.05) is 0 Å². The zero-order valence-electron chi connectivity index (χ0n) is 12.1. The van der Waals surface area contributed by atoms with Gasteiger partial charge in [0.05, 0.1) is 23.9 Å². The minimum atomic E-state index is -0.294. The Morgan fingerprint density at radius 2 is 1.14 bits per heavy atom. The van der Waals surface area contributed by atoms with Gasteiger partial charge in [0.2, 0.25) is 17.9 Å². The summed E-state index contributed by atoms with van der Waals surface area (Å²) in [5, 5.41) is 36.1. The van der Waals surface area contributed by atoms with Crippen LogP contribution in [0.4, 0.5) is 0 Å². The summed E-state index contributed by atoms with van der Waals surface area (Å²) in [6.45, 7) is 3.25. The maximum absolute atomic E-state index is 7.50.